The van der Waals surface area contributed by atoms with Crippen LogP contribution in [0.3, 0.4) is 0 Å². The Hall–Kier alpha value is -2.32. The third-order valence-electron chi connectivity index (χ3n) is 4.47. The van der Waals surface area contributed by atoms with Crippen LogP contribution in [0, 0.1) is 5.82 Å². The third-order valence-corrected chi connectivity index (χ3v) is 4.47. The molecule has 0 aromatic carbocycles. The zero-order valence-electron chi connectivity index (χ0n) is 14.7. The molecule has 0 atom stereocenters. The number of methoxy groups -OCH3 is 1. The van der Waals surface area contributed by atoms with E-state index in [0.717, 1.165) is 25.7 Å². The number of pyridine rings is 1. The predicted octanol–water partition coefficient (Wildman–Crippen LogP) is 2.11. The lowest BCUT2D eigenvalue weighted by atomic mass is 9.93. The van der Waals surface area contributed by atoms with Crippen molar-refractivity contribution in [2.24, 2.45) is 0 Å². The summed E-state index contributed by atoms with van der Waals surface area (Å²) in [5.41, 5.74) is -0.199. The van der Waals surface area contributed by atoms with E-state index in [2.05, 4.69) is 15.3 Å². The van der Waals surface area contributed by atoms with E-state index >= 15 is 0 Å². The fourth-order valence-electron chi connectivity index (χ4n) is 3.06. The minimum Gasteiger partial charge on any atom is -0.382 e. The summed E-state index contributed by atoms with van der Waals surface area (Å²) < 4.78 is 26.4. The predicted molar refractivity (Wildman–Crippen MR) is 92.7 cm³/mol. The molecule has 1 saturated carbocycles. The summed E-state index contributed by atoms with van der Waals surface area (Å²) >= 11 is 0. The molecule has 7 nitrogen and oxygen atoms in total. The van der Waals surface area contributed by atoms with Gasteiger partial charge in [0.1, 0.15) is 12.1 Å². The first kappa shape index (κ1) is 18.5. The van der Waals surface area contributed by atoms with Crippen molar-refractivity contribution < 1.29 is 18.7 Å². The Bertz CT molecular complexity index is 715. The van der Waals surface area contributed by atoms with Gasteiger partial charge in [0.2, 0.25) is 0 Å². The highest BCUT2D eigenvalue weighted by Crippen LogP contribution is 2.21. The number of hydrogen-bond acceptors (Lipinski definition) is 5. The van der Waals surface area contributed by atoms with E-state index in [0.29, 0.717) is 19.0 Å². The third kappa shape index (κ3) is 4.64. The van der Waals surface area contributed by atoms with Crippen LogP contribution in [-0.4, -0.2) is 52.9 Å². The highest BCUT2D eigenvalue weighted by Gasteiger charge is 2.25. The van der Waals surface area contributed by atoms with Crippen molar-refractivity contribution in [2.45, 2.75) is 37.8 Å². The highest BCUT2D eigenvalue weighted by atomic mass is 19.1. The summed E-state index contributed by atoms with van der Waals surface area (Å²) in [6.45, 7) is 1.16. The van der Waals surface area contributed by atoms with Crippen LogP contribution in [0.2, 0.25) is 0 Å². The molecule has 0 radical (unpaired) electrons. The fraction of sp³-hybridized carbons (Fsp3) is 0.500. The maximum Gasteiger partial charge on any atom is 0.273 e. The van der Waals surface area contributed by atoms with Crippen LogP contribution in [0.4, 0.5) is 4.39 Å². The number of nitrogens with one attached hydrogen (secondary N) is 1. The molecule has 0 spiro atoms. The van der Waals surface area contributed by atoms with Gasteiger partial charge in [-0.1, -0.05) is 0 Å². The highest BCUT2D eigenvalue weighted by molar-refractivity contribution is 5.93. The SMILES string of the molecule is COCCO[C@H]1CC[C@H](NC(=O)c2nc(-n3ccnc3)ccc2F)CC1. The van der Waals surface area contributed by atoms with E-state index < -0.39 is 11.7 Å². The lowest BCUT2D eigenvalue weighted by Crippen LogP contribution is -2.40. The number of nitrogens with zero attached hydrogens (tertiary/aromatic N) is 3. The second-order valence-corrected chi connectivity index (χ2v) is 6.28. The molecule has 1 N–H and O–H groups in total. The Morgan fingerprint density at radius 2 is 2.12 bits per heavy atom. The topological polar surface area (TPSA) is 78.3 Å². The Morgan fingerprint density at radius 3 is 2.81 bits per heavy atom. The van der Waals surface area contributed by atoms with Crippen molar-refractivity contribution in [3.63, 3.8) is 0 Å². The molecule has 26 heavy (non-hydrogen) atoms. The first-order valence-electron chi connectivity index (χ1n) is 8.73. The monoisotopic (exact) mass is 362 g/mol. The summed E-state index contributed by atoms with van der Waals surface area (Å²) in [6.07, 6.45) is 8.34. The number of imidazole rings is 1. The molecule has 1 fully saturated rings. The Morgan fingerprint density at radius 1 is 1.31 bits per heavy atom. The Labute approximate surface area is 151 Å². The van der Waals surface area contributed by atoms with Crippen LogP contribution >= 0.6 is 0 Å². The van der Waals surface area contributed by atoms with Crippen molar-refractivity contribution in [3.8, 4) is 5.82 Å². The number of ether oxygens (including phenoxy) is 2. The van der Waals surface area contributed by atoms with Gasteiger partial charge in [-0.25, -0.2) is 14.4 Å². The maximum atomic E-state index is 14.1. The number of hydrogen-bond donors (Lipinski definition) is 1. The summed E-state index contributed by atoms with van der Waals surface area (Å²) in [5.74, 6) is -0.680. The van der Waals surface area contributed by atoms with Gasteiger partial charge in [-0.15, -0.1) is 0 Å². The first-order chi connectivity index (χ1) is 12.7. The molecule has 2 aromatic heterocycles. The molecule has 1 amide bonds. The quantitative estimate of drug-likeness (QED) is 0.764. The number of aromatic nitrogens is 3. The smallest absolute Gasteiger partial charge is 0.273 e. The minimum absolute atomic E-state index is 0.00266. The van der Waals surface area contributed by atoms with Crippen LogP contribution < -0.4 is 5.32 Å². The second-order valence-electron chi connectivity index (χ2n) is 6.28. The van der Waals surface area contributed by atoms with E-state index in [4.69, 9.17) is 9.47 Å². The van der Waals surface area contributed by atoms with Gasteiger partial charge in [-0.2, -0.15) is 0 Å². The van der Waals surface area contributed by atoms with Gasteiger partial charge in [0.05, 0.1) is 19.3 Å². The molecule has 2 heterocycles. The summed E-state index contributed by atoms with van der Waals surface area (Å²) in [5, 5.41) is 2.89. The van der Waals surface area contributed by atoms with Crippen molar-refractivity contribution in [3.05, 3.63) is 42.4 Å². The molecule has 0 aliphatic heterocycles. The van der Waals surface area contributed by atoms with Gasteiger partial charge in [0, 0.05) is 25.5 Å². The maximum absolute atomic E-state index is 14.1. The molecule has 2 aromatic rings. The minimum atomic E-state index is -0.636. The van der Waals surface area contributed by atoms with Gasteiger partial charge in [0.25, 0.3) is 5.91 Å². The molecular weight excluding hydrogens is 339 g/mol. The van der Waals surface area contributed by atoms with Crippen molar-refractivity contribution >= 4 is 5.91 Å². The average molecular weight is 362 g/mol. The van der Waals surface area contributed by atoms with Gasteiger partial charge in [0.15, 0.2) is 11.5 Å². The van der Waals surface area contributed by atoms with Crippen LogP contribution in [0.1, 0.15) is 36.2 Å². The van der Waals surface area contributed by atoms with Gasteiger partial charge >= 0.3 is 0 Å². The van der Waals surface area contributed by atoms with Crippen LogP contribution in [0.15, 0.2) is 30.9 Å². The molecule has 1 aliphatic carbocycles. The zero-order chi connectivity index (χ0) is 18.4. The molecule has 140 valence electrons. The standard InChI is InChI=1S/C18H23FN4O3/c1-25-10-11-26-14-4-2-13(3-5-14)21-18(24)17-15(19)6-7-16(22-17)23-9-8-20-12-23/h6-9,12-14H,2-5,10-11H2,1H3,(H,21,24)/t13-,14-. The van der Waals surface area contributed by atoms with Crippen molar-refractivity contribution in [2.75, 3.05) is 20.3 Å². The molecular formula is C18H23FN4O3. The summed E-state index contributed by atoms with van der Waals surface area (Å²) in [4.78, 5) is 20.5. The lowest BCUT2D eigenvalue weighted by Gasteiger charge is -2.29. The fourth-order valence-corrected chi connectivity index (χ4v) is 3.06. The number of halogens is 1. The van der Waals surface area contributed by atoms with Crippen molar-refractivity contribution in [1.29, 1.82) is 0 Å². The molecule has 0 bridgehead atoms. The largest absolute Gasteiger partial charge is 0.382 e. The number of carbonyl (C=O) groups excluding carboxylic acids is 1. The van der Waals surface area contributed by atoms with Crippen LogP contribution in [0.25, 0.3) is 5.82 Å². The van der Waals surface area contributed by atoms with E-state index in [1.807, 2.05) is 0 Å². The molecule has 3 rings (SSSR count). The molecule has 0 unspecified atom stereocenters. The van der Waals surface area contributed by atoms with Gasteiger partial charge in [-0.05, 0) is 37.8 Å². The van der Waals surface area contributed by atoms with E-state index in [1.54, 1.807) is 30.4 Å². The Kier molecular flexibility index (Phi) is 6.30. The van der Waals surface area contributed by atoms with E-state index in [-0.39, 0.29) is 17.8 Å². The van der Waals surface area contributed by atoms with Gasteiger partial charge in [-0.3, -0.25) is 9.36 Å². The van der Waals surface area contributed by atoms with Crippen LogP contribution in [0.5, 0.6) is 0 Å². The molecule has 8 heteroatoms. The summed E-state index contributed by atoms with van der Waals surface area (Å²) in [6, 6.07) is 2.76. The van der Waals surface area contributed by atoms with Crippen molar-refractivity contribution in [1.82, 2.24) is 19.9 Å². The zero-order valence-corrected chi connectivity index (χ0v) is 14.7. The lowest BCUT2D eigenvalue weighted by molar-refractivity contribution is -0.00410. The van der Waals surface area contributed by atoms with Gasteiger partial charge < -0.3 is 14.8 Å². The molecule has 0 saturated heterocycles. The number of rotatable bonds is 7. The molecule has 1 aliphatic rings. The normalized spacial score (nSPS) is 20.1. The van der Waals surface area contributed by atoms with E-state index in [9.17, 15) is 9.18 Å². The number of carbonyl (C=O) groups is 1. The number of amides is 1. The van der Waals surface area contributed by atoms with E-state index in [1.165, 1.54) is 12.1 Å². The summed E-state index contributed by atoms with van der Waals surface area (Å²) in [7, 11) is 1.64. The average Bonchev–Trinajstić information content (AvgIpc) is 3.18. The first-order valence-corrected chi connectivity index (χ1v) is 8.73. The Balaban J connectivity index is 1.56. The van der Waals surface area contributed by atoms with Crippen LogP contribution in [-0.2, 0) is 9.47 Å². The second kappa shape index (κ2) is 8.86.